The van der Waals surface area contributed by atoms with E-state index < -0.39 is 12.1 Å². The molecule has 3 heterocycles. The van der Waals surface area contributed by atoms with Crippen LogP contribution in [0.2, 0.25) is 0 Å². The van der Waals surface area contributed by atoms with E-state index in [1.54, 1.807) is 40.3 Å². The van der Waals surface area contributed by atoms with Crippen LogP contribution in [0.15, 0.2) is 59.1 Å². The predicted octanol–water partition coefficient (Wildman–Crippen LogP) is 3.91. The quantitative estimate of drug-likeness (QED) is 0.499. The lowest BCUT2D eigenvalue weighted by Crippen LogP contribution is -2.42. The summed E-state index contributed by atoms with van der Waals surface area (Å²) in [6.07, 6.45) is 4.60. The van der Waals surface area contributed by atoms with Crippen molar-refractivity contribution in [3.05, 3.63) is 54.7 Å². The zero-order valence-electron chi connectivity index (χ0n) is 22.0. The van der Waals surface area contributed by atoms with E-state index in [-0.39, 0.29) is 23.6 Å². The van der Waals surface area contributed by atoms with Crippen molar-refractivity contribution in [3.63, 3.8) is 0 Å². The molecule has 2 fully saturated rings. The summed E-state index contributed by atoms with van der Waals surface area (Å²) in [5, 5.41) is 5.78. The van der Waals surface area contributed by atoms with Crippen molar-refractivity contribution in [2.24, 2.45) is 0 Å². The third kappa shape index (κ3) is 5.69. The topological polar surface area (TPSA) is 125 Å². The van der Waals surface area contributed by atoms with Crippen LogP contribution in [0.3, 0.4) is 0 Å². The fraction of sp³-hybridized carbons (Fsp3) is 0.345. The summed E-state index contributed by atoms with van der Waals surface area (Å²) >= 11 is 0. The zero-order chi connectivity index (χ0) is 27.5. The second-order valence-electron chi connectivity index (χ2n) is 9.90. The van der Waals surface area contributed by atoms with Gasteiger partial charge in [-0.3, -0.25) is 19.2 Å². The summed E-state index contributed by atoms with van der Waals surface area (Å²) in [4.78, 5) is 56.4. The van der Waals surface area contributed by atoms with E-state index in [1.165, 1.54) is 13.8 Å². The number of oxazole rings is 1. The van der Waals surface area contributed by atoms with Gasteiger partial charge < -0.3 is 24.9 Å². The Labute approximate surface area is 226 Å². The van der Waals surface area contributed by atoms with Gasteiger partial charge in [0.25, 0.3) is 0 Å². The molecule has 0 spiro atoms. The molecule has 10 heteroatoms. The van der Waals surface area contributed by atoms with Crippen LogP contribution < -0.4 is 10.6 Å². The van der Waals surface area contributed by atoms with Gasteiger partial charge in [0.1, 0.15) is 12.1 Å². The normalized spacial score (nSPS) is 18.7. The Morgan fingerprint density at radius 1 is 0.744 bits per heavy atom. The maximum absolute atomic E-state index is 12.7. The van der Waals surface area contributed by atoms with E-state index >= 15 is 0 Å². The Kier molecular flexibility index (Phi) is 7.44. The van der Waals surface area contributed by atoms with Crippen LogP contribution in [0.25, 0.3) is 22.8 Å². The minimum atomic E-state index is -0.436. The number of rotatable bonds is 6. The van der Waals surface area contributed by atoms with Gasteiger partial charge in [0.15, 0.2) is 5.76 Å². The molecule has 2 saturated heterocycles. The van der Waals surface area contributed by atoms with E-state index in [4.69, 9.17) is 4.42 Å². The van der Waals surface area contributed by atoms with Gasteiger partial charge in [-0.15, -0.1) is 0 Å². The molecule has 2 unspecified atom stereocenters. The molecule has 0 bridgehead atoms. The molecule has 10 nitrogen and oxygen atoms in total. The highest BCUT2D eigenvalue weighted by Gasteiger charge is 2.33. The van der Waals surface area contributed by atoms with E-state index in [2.05, 4.69) is 15.6 Å². The lowest BCUT2D eigenvalue weighted by molar-refractivity contribution is -0.134. The number of hydrogen-bond donors (Lipinski definition) is 2. The van der Waals surface area contributed by atoms with E-state index in [1.807, 2.05) is 24.3 Å². The number of likely N-dealkylation sites (tertiary alicyclic amines) is 2. The molecule has 1 aromatic heterocycles. The van der Waals surface area contributed by atoms with Crippen molar-refractivity contribution >= 4 is 35.0 Å². The van der Waals surface area contributed by atoms with Gasteiger partial charge in [0.05, 0.1) is 6.20 Å². The molecular formula is C29H31N5O5. The predicted molar refractivity (Wildman–Crippen MR) is 145 cm³/mol. The van der Waals surface area contributed by atoms with Crippen LogP contribution in [0.5, 0.6) is 0 Å². The first-order valence-corrected chi connectivity index (χ1v) is 13.1. The molecule has 2 aliphatic rings. The lowest BCUT2D eigenvalue weighted by atomic mass is 10.1. The number of hydrogen-bond acceptors (Lipinski definition) is 6. The first kappa shape index (κ1) is 26.1. The average Bonchev–Trinajstić information content (AvgIpc) is 3.70. The fourth-order valence-electron chi connectivity index (χ4n) is 5.24. The molecular weight excluding hydrogens is 498 g/mol. The average molecular weight is 530 g/mol. The summed E-state index contributed by atoms with van der Waals surface area (Å²) in [6, 6.07) is 13.6. The fourth-order valence-corrected chi connectivity index (χ4v) is 5.24. The van der Waals surface area contributed by atoms with Crippen LogP contribution in [-0.4, -0.2) is 63.6 Å². The van der Waals surface area contributed by atoms with Gasteiger partial charge in [0, 0.05) is 49.4 Å². The number of nitrogens with one attached hydrogen (secondary N) is 2. The molecule has 202 valence electrons. The summed E-state index contributed by atoms with van der Waals surface area (Å²) in [7, 11) is 0. The van der Waals surface area contributed by atoms with Gasteiger partial charge >= 0.3 is 0 Å². The number of aromatic nitrogens is 1. The van der Waals surface area contributed by atoms with Gasteiger partial charge in [-0.1, -0.05) is 0 Å². The van der Waals surface area contributed by atoms with Gasteiger partial charge in [-0.05, 0) is 74.2 Å². The van der Waals surface area contributed by atoms with Crippen molar-refractivity contribution in [1.82, 2.24) is 14.8 Å². The molecule has 3 aromatic rings. The molecule has 2 aromatic carbocycles. The number of amides is 4. The highest BCUT2D eigenvalue weighted by molar-refractivity contribution is 5.98. The zero-order valence-corrected chi connectivity index (χ0v) is 22.0. The number of anilines is 2. The second kappa shape index (κ2) is 11.1. The maximum atomic E-state index is 12.7. The summed E-state index contributed by atoms with van der Waals surface area (Å²) in [6.45, 7) is 4.19. The van der Waals surface area contributed by atoms with Crippen molar-refractivity contribution in [2.45, 2.75) is 51.6 Å². The molecule has 2 N–H and O–H groups in total. The lowest BCUT2D eigenvalue weighted by Gasteiger charge is -2.22. The first-order chi connectivity index (χ1) is 18.8. The van der Waals surface area contributed by atoms with Crippen LogP contribution in [-0.2, 0) is 19.2 Å². The third-order valence-electron chi connectivity index (χ3n) is 7.26. The molecule has 0 radical (unpaired) electrons. The smallest absolute Gasteiger partial charge is 0.247 e. The van der Waals surface area contributed by atoms with E-state index in [9.17, 15) is 19.2 Å². The Morgan fingerprint density at radius 3 is 1.67 bits per heavy atom. The van der Waals surface area contributed by atoms with Crippen molar-refractivity contribution < 1.29 is 23.6 Å². The van der Waals surface area contributed by atoms with Crippen LogP contribution in [0.1, 0.15) is 39.5 Å². The Hall–Kier alpha value is -4.47. The van der Waals surface area contributed by atoms with Crippen molar-refractivity contribution in [2.75, 3.05) is 23.7 Å². The molecule has 0 saturated carbocycles. The molecule has 0 aliphatic carbocycles. The molecule has 39 heavy (non-hydrogen) atoms. The van der Waals surface area contributed by atoms with E-state index in [0.29, 0.717) is 49.0 Å². The van der Waals surface area contributed by atoms with Gasteiger partial charge in [-0.25, -0.2) is 4.98 Å². The largest absolute Gasteiger partial charge is 0.436 e. The monoisotopic (exact) mass is 529 g/mol. The van der Waals surface area contributed by atoms with Crippen LogP contribution in [0.4, 0.5) is 11.4 Å². The van der Waals surface area contributed by atoms with Crippen molar-refractivity contribution in [3.8, 4) is 22.8 Å². The van der Waals surface area contributed by atoms with E-state index in [0.717, 1.165) is 24.0 Å². The Bertz CT molecular complexity index is 1280. The highest BCUT2D eigenvalue weighted by Crippen LogP contribution is 2.28. The molecule has 5 rings (SSSR count). The summed E-state index contributed by atoms with van der Waals surface area (Å²) < 4.78 is 5.97. The molecule has 2 aliphatic heterocycles. The number of nitrogens with zero attached hydrogens (tertiary/aromatic N) is 3. The van der Waals surface area contributed by atoms with Crippen LogP contribution >= 0.6 is 0 Å². The number of carbonyl (C=O) groups is 4. The second-order valence-corrected chi connectivity index (χ2v) is 9.90. The molecule has 4 amide bonds. The Balaban J connectivity index is 1.20. The van der Waals surface area contributed by atoms with Gasteiger partial charge in [0.2, 0.25) is 29.5 Å². The minimum absolute atomic E-state index is 0.0893. The van der Waals surface area contributed by atoms with Gasteiger partial charge in [-0.2, -0.15) is 0 Å². The highest BCUT2D eigenvalue weighted by atomic mass is 16.4. The number of carbonyl (C=O) groups excluding carboxylic acids is 4. The van der Waals surface area contributed by atoms with Crippen LogP contribution in [0, 0.1) is 0 Å². The summed E-state index contributed by atoms with van der Waals surface area (Å²) in [5.41, 5.74) is 2.82. The standard InChI is InChI=1S/C29H31N5O5/c1-18(35)33-15-3-5-24(33)27(37)31-22-11-7-20(8-12-22)26-17-30-29(39-26)21-9-13-23(14-10-21)32-28(38)25-6-4-16-34(25)19(2)36/h7-14,17,24-25H,3-6,15-16H2,1-2H3,(H,31,37)(H,32,38). The number of benzene rings is 2. The first-order valence-electron chi connectivity index (χ1n) is 13.1. The minimum Gasteiger partial charge on any atom is -0.436 e. The summed E-state index contributed by atoms with van der Waals surface area (Å²) in [5.74, 6) is 0.457. The Morgan fingerprint density at radius 2 is 1.21 bits per heavy atom. The third-order valence-corrected chi connectivity index (χ3v) is 7.26. The maximum Gasteiger partial charge on any atom is 0.247 e. The van der Waals surface area contributed by atoms with Crippen molar-refractivity contribution in [1.29, 1.82) is 0 Å². The SMILES string of the molecule is CC(=O)N1CCCC1C(=O)Nc1ccc(-c2cnc(-c3ccc(NC(=O)C4CCCN4C(C)=O)cc3)o2)cc1. The molecule has 2 atom stereocenters.